The van der Waals surface area contributed by atoms with Crippen LogP contribution in [0.5, 0.6) is 0 Å². The standard InChI is InChI=1S/C24H28ClFN4O/c1-23(2)21(31)30(4)22(27)29-24(23,3)18-10-14(7-8-19(18)26)5-6-15-9-16-12-17(25)13-28-20(16)11-15/h7-8,10,12-13,15H,5-6,9,11H2,1-4H3,(H2,27,29)/t15?,24-/m1/s1. The highest BCUT2D eigenvalue weighted by molar-refractivity contribution is 6.30. The first kappa shape index (κ1) is 21.8. The molecule has 31 heavy (non-hydrogen) atoms. The zero-order chi connectivity index (χ0) is 22.6. The summed E-state index contributed by atoms with van der Waals surface area (Å²) in [7, 11) is 1.59. The SMILES string of the molecule is CN1C(=O)C(C)(C)[C@@](C)(c2cc(CCC3Cc4cc(Cl)cnc4C3)ccc2F)N=C1N. The molecule has 0 spiro atoms. The van der Waals surface area contributed by atoms with Crippen molar-refractivity contribution in [2.24, 2.45) is 22.1 Å². The smallest absolute Gasteiger partial charge is 0.237 e. The first-order valence-corrected chi connectivity index (χ1v) is 11.0. The molecule has 1 aromatic heterocycles. The fourth-order valence-electron chi connectivity index (χ4n) is 4.77. The Morgan fingerprint density at radius 2 is 2.00 bits per heavy atom. The minimum absolute atomic E-state index is 0.103. The van der Waals surface area contributed by atoms with Crippen LogP contribution in [-0.4, -0.2) is 28.8 Å². The number of carbonyl (C=O) groups excluding carboxylic acids is 1. The molecule has 0 saturated carbocycles. The molecule has 1 unspecified atom stereocenters. The molecule has 0 radical (unpaired) electrons. The van der Waals surface area contributed by atoms with Crippen LogP contribution in [0.3, 0.4) is 0 Å². The van der Waals surface area contributed by atoms with Crippen LogP contribution in [0.15, 0.2) is 35.5 Å². The van der Waals surface area contributed by atoms with Crippen molar-refractivity contribution < 1.29 is 9.18 Å². The van der Waals surface area contributed by atoms with Crippen LogP contribution in [0, 0.1) is 17.2 Å². The Labute approximate surface area is 187 Å². The highest BCUT2D eigenvalue weighted by Gasteiger charge is 2.53. The number of nitrogens with zero attached hydrogens (tertiary/aromatic N) is 3. The van der Waals surface area contributed by atoms with E-state index in [9.17, 15) is 9.18 Å². The zero-order valence-corrected chi connectivity index (χ0v) is 19.1. The number of aryl methyl sites for hydroxylation is 1. The molecule has 2 heterocycles. The molecular formula is C24H28ClFN4O. The van der Waals surface area contributed by atoms with E-state index in [0.717, 1.165) is 36.9 Å². The lowest BCUT2D eigenvalue weighted by Gasteiger charge is -2.46. The van der Waals surface area contributed by atoms with Gasteiger partial charge in [-0.1, -0.05) is 23.7 Å². The average molecular weight is 443 g/mol. The van der Waals surface area contributed by atoms with E-state index in [4.69, 9.17) is 17.3 Å². The maximum absolute atomic E-state index is 15.0. The number of benzene rings is 1. The Balaban J connectivity index is 1.57. The van der Waals surface area contributed by atoms with E-state index in [2.05, 4.69) is 9.98 Å². The van der Waals surface area contributed by atoms with Crippen molar-refractivity contribution in [3.8, 4) is 0 Å². The summed E-state index contributed by atoms with van der Waals surface area (Å²) in [6.45, 7) is 5.37. The quantitative estimate of drug-likeness (QED) is 0.769. The number of amides is 1. The Hall–Kier alpha value is -2.47. The van der Waals surface area contributed by atoms with E-state index >= 15 is 0 Å². The second-order valence-electron chi connectivity index (χ2n) is 9.42. The maximum Gasteiger partial charge on any atom is 0.237 e. The second kappa shape index (κ2) is 7.59. The van der Waals surface area contributed by atoms with E-state index < -0.39 is 11.0 Å². The van der Waals surface area contributed by atoms with Gasteiger partial charge in [-0.25, -0.2) is 9.38 Å². The van der Waals surface area contributed by atoms with E-state index in [1.54, 1.807) is 34.0 Å². The zero-order valence-electron chi connectivity index (χ0n) is 18.4. The van der Waals surface area contributed by atoms with E-state index in [1.807, 2.05) is 18.2 Å². The lowest BCUT2D eigenvalue weighted by molar-refractivity contribution is -0.140. The molecule has 2 N–H and O–H groups in total. The van der Waals surface area contributed by atoms with Gasteiger partial charge >= 0.3 is 0 Å². The summed E-state index contributed by atoms with van der Waals surface area (Å²) < 4.78 is 15.0. The fraction of sp³-hybridized carbons (Fsp3) is 0.458. The van der Waals surface area contributed by atoms with Gasteiger partial charge in [-0.05, 0) is 75.6 Å². The minimum Gasteiger partial charge on any atom is -0.369 e. The number of guanidine groups is 1. The third-order valence-corrected chi connectivity index (χ3v) is 7.36. The van der Waals surface area contributed by atoms with Gasteiger partial charge in [0.1, 0.15) is 11.4 Å². The molecule has 7 heteroatoms. The summed E-state index contributed by atoms with van der Waals surface area (Å²) in [4.78, 5) is 23.3. The van der Waals surface area contributed by atoms with Gasteiger partial charge in [-0.2, -0.15) is 0 Å². The van der Waals surface area contributed by atoms with Crippen LogP contribution in [0.2, 0.25) is 5.02 Å². The van der Waals surface area contributed by atoms with Gasteiger partial charge in [-0.3, -0.25) is 14.7 Å². The maximum atomic E-state index is 15.0. The molecule has 0 bridgehead atoms. The number of halogens is 2. The molecule has 2 atom stereocenters. The van der Waals surface area contributed by atoms with E-state index in [0.29, 0.717) is 16.5 Å². The molecule has 0 saturated heterocycles. The number of fused-ring (bicyclic) bond motifs is 1. The van der Waals surface area contributed by atoms with Crippen LogP contribution < -0.4 is 5.73 Å². The normalized spacial score (nSPS) is 24.8. The Morgan fingerprint density at radius 1 is 1.26 bits per heavy atom. The fourth-order valence-corrected chi connectivity index (χ4v) is 4.96. The first-order valence-electron chi connectivity index (χ1n) is 10.6. The van der Waals surface area contributed by atoms with Crippen molar-refractivity contribution in [1.82, 2.24) is 9.88 Å². The van der Waals surface area contributed by atoms with Crippen LogP contribution in [0.25, 0.3) is 0 Å². The summed E-state index contributed by atoms with van der Waals surface area (Å²) in [5, 5.41) is 0.672. The molecule has 164 valence electrons. The lowest BCUT2D eigenvalue weighted by Crippen LogP contribution is -2.58. The first-order chi connectivity index (χ1) is 14.5. The summed E-state index contributed by atoms with van der Waals surface area (Å²) >= 11 is 6.07. The number of carbonyl (C=O) groups is 1. The van der Waals surface area contributed by atoms with Gasteiger partial charge in [0.2, 0.25) is 5.91 Å². The molecule has 5 nitrogen and oxygen atoms in total. The van der Waals surface area contributed by atoms with Crippen molar-refractivity contribution in [2.45, 2.75) is 52.0 Å². The van der Waals surface area contributed by atoms with E-state index in [-0.39, 0.29) is 17.7 Å². The van der Waals surface area contributed by atoms with Crippen LogP contribution >= 0.6 is 11.6 Å². The molecule has 1 amide bonds. The molecule has 2 aliphatic rings. The van der Waals surface area contributed by atoms with Gasteiger partial charge < -0.3 is 5.73 Å². The molecule has 1 aliphatic carbocycles. The molecule has 0 fully saturated rings. The van der Waals surface area contributed by atoms with Crippen molar-refractivity contribution in [1.29, 1.82) is 0 Å². The topological polar surface area (TPSA) is 71.6 Å². The third kappa shape index (κ3) is 3.61. The Bertz CT molecular complexity index is 1080. The summed E-state index contributed by atoms with van der Waals surface area (Å²) in [5.74, 6) is 0.0362. The summed E-state index contributed by atoms with van der Waals surface area (Å²) in [5.41, 5.74) is 7.74. The molecule has 2 aromatic rings. The van der Waals surface area contributed by atoms with Crippen molar-refractivity contribution in [2.75, 3.05) is 7.05 Å². The number of pyridine rings is 1. The predicted molar refractivity (Wildman–Crippen MR) is 120 cm³/mol. The number of hydrogen-bond acceptors (Lipinski definition) is 4. The predicted octanol–water partition coefficient (Wildman–Crippen LogP) is 4.25. The van der Waals surface area contributed by atoms with E-state index in [1.165, 1.54) is 16.5 Å². The number of hydrogen-bond donors (Lipinski definition) is 1. The van der Waals surface area contributed by atoms with Gasteiger partial charge in [0.15, 0.2) is 5.96 Å². The molecule has 1 aliphatic heterocycles. The third-order valence-electron chi connectivity index (χ3n) is 7.15. The molecule has 1 aromatic carbocycles. The van der Waals surface area contributed by atoms with Crippen LogP contribution in [0.1, 0.15) is 49.6 Å². The van der Waals surface area contributed by atoms with Crippen molar-refractivity contribution in [3.05, 3.63) is 63.7 Å². The summed E-state index contributed by atoms with van der Waals surface area (Å²) in [6, 6.07) is 7.15. The van der Waals surface area contributed by atoms with Crippen molar-refractivity contribution >= 4 is 23.5 Å². The highest BCUT2D eigenvalue weighted by Crippen LogP contribution is 2.47. The minimum atomic E-state index is -1.09. The average Bonchev–Trinajstić information content (AvgIpc) is 3.12. The van der Waals surface area contributed by atoms with Gasteiger partial charge in [0.25, 0.3) is 0 Å². The number of rotatable bonds is 4. The Kier molecular flexibility index (Phi) is 5.32. The van der Waals surface area contributed by atoms with Crippen LogP contribution in [-0.2, 0) is 29.6 Å². The largest absolute Gasteiger partial charge is 0.369 e. The summed E-state index contributed by atoms with van der Waals surface area (Å²) in [6.07, 6.45) is 5.37. The van der Waals surface area contributed by atoms with Gasteiger partial charge in [-0.15, -0.1) is 0 Å². The van der Waals surface area contributed by atoms with Gasteiger partial charge in [0, 0.05) is 24.5 Å². The number of nitrogens with two attached hydrogens (primary N) is 1. The molecular weight excluding hydrogens is 415 g/mol. The van der Waals surface area contributed by atoms with Gasteiger partial charge in [0.05, 0.1) is 10.4 Å². The monoisotopic (exact) mass is 442 g/mol. The number of aromatic nitrogens is 1. The van der Waals surface area contributed by atoms with Crippen molar-refractivity contribution in [3.63, 3.8) is 0 Å². The number of aliphatic imine (C=N–C) groups is 1. The highest BCUT2D eigenvalue weighted by atomic mass is 35.5. The molecule has 4 rings (SSSR count). The van der Waals surface area contributed by atoms with Crippen LogP contribution in [0.4, 0.5) is 4.39 Å². The second-order valence-corrected chi connectivity index (χ2v) is 9.85. The Morgan fingerprint density at radius 3 is 2.74 bits per heavy atom. The lowest BCUT2D eigenvalue weighted by atomic mass is 9.67.